The Hall–Kier alpha value is -0.0800. The first-order chi connectivity index (χ1) is 4.51. The Morgan fingerprint density at radius 1 is 1.40 bits per heavy atom. The van der Waals surface area contributed by atoms with Gasteiger partial charge in [-0.25, -0.2) is 0 Å². The third kappa shape index (κ3) is 1.70. The van der Waals surface area contributed by atoms with Crippen molar-refractivity contribution in [1.82, 2.24) is 0 Å². The molecule has 1 rings (SSSR count). The van der Waals surface area contributed by atoms with Gasteiger partial charge in [-0.2, -0.15) is 0 Å². The Labute approximate surface area is 62.5 Å². The highest BCUT2D eigenvalue weighted by atomic mass is 16.7. The summed E-state index contributed by atoms with van der Waals surface area (Å²) in [7, 11) is 0. The molecule has 60 valence electrons. The van der Waals surface area contributed by atoms with Crippen molar-refractivity contribution in [1.29, 1.82) is 0 Å². The fourth-order valence-electron chi connectivity index (χ4n) is 1.04. The monoisotopic (exact) mass is 144 g/mol. The molecule has 0 aromatic heterocycles. The molecule has 0 unspecified atom stereocenters. The van der Waals surface area contributed by atoms with E-state index < -0.39 is 0 Å². The molecule has 1 aliphatic heterocycles. The minimum atomic E-state index is -0.352. The van der Waals surface area contributed by atoms with Gasteiger partial charge in [-0.05, 0) is 19.8 Å². The maximum atomic E-state index is 5.59. The van der Waals surface area contributed by atoms with Crippen LogP contribution in [0.2, 0.25) is 0 Å². The molecular formula is C8H16O2. The zero-order valence-electron chi connectivity index (χ0n) is 7.18. The van der Waals surface area contributed by atoms with Crippen LogP contribution in [0.4, 0.5) is 0 Å². The molecule has 0 spiro atoms. The lowest BCUT2D eigenvalue weighted by atomic mass is 10.1. The Kier molecular flexibility index (Phi) is 2.02. The molecule has 2 nitrogen and oxygen atoms in total. The normalized spacial score (nSPS) is 31.5. The largest absolute Gasteiger partial charge is 0.348 e. The van der Waals surface area contributed by atoms with Gasteiger partial charge < -0.3 is 9.47 Å². The van der Waals surface area contributed by atoms with Gasteiger partial charge in [0.1, 0.15) is 0 Å². The van der Waals surface area contributed by atoms with Crippen LogP contribution in [0.25, 0.3) is 0 Å². The van der Waals surface area contributed by atoms with Gasteiger partial charge in [0.15, 0.2) is 5.79 Å². The molecule has 0 amide bonds. The van der Waals surface area contributed by atoms with Gasteiger partial charge in [0.25, 0.3) is 0 Å². The first-order valence-corrected chi connectivity index (χ1v) is 3.83. The summed E-state index contributed by atoms with van der Waals surface area (Å²) in [6.45, 7) is 8.94. The van der Waals surface area contributed by atoms with Crippen LogP contribution in [0.3, 0.4) is 0 Å². The van der Waals surface area contributed by atoms with E-state index in [0.29, 0.717) is 5.92 Å². The van der Waals surface area contributed by atoms with Crippen molar-refractivity contribution < 1.29 is 9.47 Å². The second kappa shape index (κ2) is 2.51. The molecule has 1 heterocycles. The molecule has 1 fully saturated rings. The maximum absolute atomic E-state index is 5.59. The first-order valence-electron chi connectivity index (χ1n) is 3.83. The summed E-state index contributed by atoms with van der Waals surface area (Å²) in [6, 6.07) is 0. The number of ether oxygens (including phenoxy) is 2. The molecule has 1 aliphatic rings. The molecule has 0 N–H and O–H groups in total. The van der Waals surface area contributed by atoms with Gasteiger partial charge in [-0.15, -0.1) is 0 Å². The first kappa shape index (κ1) is 8.02. The van der Waals surface area contributed by atoms with E-state index in [9.17, 15) is 0 Å². The predicted molar refractivity (Wildman–Crippen MR) is 39.7 cm³/mol. The summed E-state index contributed by atoms with van der Waals surface area (Å²) >= 11 is 0. The summed E-state index contributed by atoms with van der Waals surface area (Å²) in [5.74, 6) is 0.205. The quantitative estimate of drug-likeness (QED) is 0.558. The Morgan fingerprint density at radius 2 is 2.00 bits per heavy atom. The van der Waals surface area contributed by atoms with Crippen molar-refractivity contribution in [2.45, 2.75) is 39.6 Å². The van der Waals surface area contributed by atoms with Crippen molar-refractivity contribution in [3.63, 3.8) is 0 Å². The van der Waals surface area contributed by atoms with E-state index >= 15 is 0 Å². The van der Waals surface area contributed by atoms with Crippen LogP contribution in [0.5, 0.6) is 0 Å². The predicted octanol–water partition coefficient (Wildman–Crippen LogP) is 1.79. The van der Waals surface area contributed by atoms with E-state index in [4.69, 9.17) is 9.47 Å². The van der Waals surface area contributed by atoms with Gasteiger partial charge in [0.05, 0.1) is 12.7 Å². The number of rotatable bonds is 1. The highest BCUT2D eigenvalue weighted by Gasteiger charge is 2.33. The average molecular weight is 144 g/mol. The van der Waals surface area contributed by atoms with Crippen LogP contribution in [-0.2, 0) is 9.47 Å². The molecule has 0 aromatic carbocycles. The highest BCUT2D eigenvalue weighted by Crippen LogP contribution is 2.25. The SMILES string of the molecule is CC(C)[C@@H]1COC(C)(C)O1. The third-order valence-electron chi connectivity index (χ3n) is 1.77. The van der Waals surface area contributed by atoms with Crippen molar-refractivity contribution in [2.75, 3.05) is 6.61 Å². The summed E-state index contributed by atoms with van der Waals surface area (Å²) < 4.78 is 11.0. The highest BCUT2D eigenvalue weighted by molar-refractivity contribution is 4.72. The molecular weight excluding hydrogens is 128 g/mol. The lowest BCUT2D eigenvalue weighted by molar-refractivity contribution is -0.142. The van der Waals surface area contributed by atoms with Gasteiger partial charge in [-0.1, -0.05) is 13.8 Å². The average Bonchev–Trinajstić information content (AvgIpc) is 2.10. The summed E-state index contributed by atoms with van der Waals surface area (Å²) in [5, 5.41) is 0. The Balaban J connectivity index is 2.43. The van der Waals surface area contributed by atoms with Crippen molar-refractivity contribution in [3.05, 3.63) is 0 Å². The minimum absolute atomic E-state index is 0.287. The van der Waals surface area contributed by atoms with E-state index in [1.807, 2.05) is 13.8 Å². The third-order valence-corrected chi connectivity index (χ3v) is 1.77. The fraction of sp³-hybridized carbons (Fsp3) is 1.00. The minimum Gasteiger partial charge on any atom is -0.348 e. The lowest BCUT2D eigenvalue weighted by Crippen LogP contribution is -2.23. The van der Waals surface area contributed by atoms with Crippen LogP contribution in [0.15, 0.2) is 0 Å². The van der Waals surface area contributed by atoms with Gasteiger partial charge in [0.2, 0.25) is 0 Å². The molecule has 10 heavy (non-hydrogen) atoms. The van der Waals surface area contributed by atoms with Crippen molar-refractivity contribution in [3.8, 4) is 0 Å². The Bertz CT molecular complexity index is 118. The smallest absolute Gasteiger partial charge is 0.163 e. The van der Waals surface area contributed by atoms with E-state index in [1.54, 1.807) is 0 Å². The summed E-state index contributed by atoms with van der Waals surface area (Å²) in [6.07, 6.45) is 0.287. The number of hydrogen-bond acceptors (Lipinski definition) is 2. The molecule has 0 aliphatic carbocycles. The van der Waals surface area contributed by atoms with Crippen LogP contribution < -0.4 is 0 Å². The second-order valence-electron chi connectivity index (χ2n) is 3.61. The van der Waals surface area contributed by atoms with Gasteiger partial charge in [-0.3, -0.25) is 0 Å². The Morgan fingerprint density at radius 3 is 2.20 bits per heavy atom. The summed E-state index contributed by atoms with van der Waals surface area (Å²) in [5.41, 5.74) is 0. The van der Waals surface area contributed by atoms with E-state index in [1.165, 1.54) is 0 Å². The van der Waals surface area contributed by atoms with Gasteiger partial charge in [0, 0.05) is 0 Å². The molecule has 0 aromatic rings. The van der Waals surface area contributed by atoms with Crippen molar-refractivity contribution >= 4 is 0 Å². The van der Waals surface area contributed by atoms with E-state index in [0.717, 1.165) is 6.61 Å². The van der Waals surface area contributed by atoms with Crippen LogP contribution in [0.1, 0.15) is 27.7 Å². The standard InChI is InChI=1S/C8H16O2/c1-6(2)7-5-9-8(3,4)10-7/h6-7H,5H2,1-4H3/t7-/m0/s1. The number of hydrogen-bond donors (Lipinski definition) is 0. The lowest BCUT2D eigenvalue weighted by Gasteiger charge is -2.18. The molecule has 2 heteroatoms. The molecule has 0 saturated carbocycles. The topological polar surface area (TPSA) is 18.5 Å². The molecule has 0 bridgehead atoms. The second-order valence-corrected chi connectivity index (χ2v) is 3.61. The van der Waals surface area contributed by atoms with E-state index in [-0.39, 0.29) is 11.9 Å². The van der Waals surface area contributed by atoms with Gasteiger partial charge >= 0.3 is 0 Å². The van der Waals surface area contributed by atoms with E-state index in [2.05, 4.69) is 13.8 Å². The van der Waals surface area contributed by atoms with Crippen LogP contribution in [-0.4, -0.2) is 18.5 Å². The maximum Gasteiger partial charge on any atom is 0.163 e. The molecule has 1 saturated heterocycles. The fourth-order valence-corrected chi connectivity index (χ4v) is 1.04. The van der Waals surface area contributed by atoms with Crippen molar-refractivity contribution in [2.24, 2.45) is 5.92 Å². The van der Waals surface area contributed by atoms with Crippen LogP contribution in [0, 0.1) is 5.92 Å². The zero-order valence-corrected chi connectivity index (χ0v) is 7.18. The zero-order chi connectivity index (χ0) is 7.78. The molecule has 1 atom stereocenters. The molecule has 0 radical (unpaired) electrons. The van der Waals surface area contributed by atoms with Crippen LogP contribution >= 0.6 is 0 Å². The summed E-state index contributed by atoms with van der Waals surface area (Å²) in [4.78, 5) is 0.